The van der Waals surface area contributed by atoms with Crippen LogP contribution in [0.5, 0.6) is 5.75 Å². The predicted molar refractivity (Wildman–Crippen MR) is 97.6 cm³/mol. The molecule has 0 fully saturated rings. The lowest BCUT2D eigenvalue weighted by Crippen LogP contribution is -2.15. The molecular weight excluding hydrogens is 355 g/mol. The molecule has 0 radical (unpaired) electrons. The second-order valence-corrected chi connectivity index (χ2v) is 6.20. The van der Waals surface area contributed by atoms with E-state index in [4.69, 9.17) is 4.74 Å². The standard InChI is InChI=1S/C18H15FN4O2S/c1-25-16-3-2-12(19)8-14(16)15-9-17(22-11-21-15)23-18(24)10-26-13-4-6-20-7-5-13/h2-9,11H,10H2,1H3,(H,21,22,23,24). The third-order valence-electron chi connectivity index (χ3n) is 3.39. The molecule has 6 nitrogen and oxygen atoms in total. The summed E-state index contributed by atoms with van der Waals surface area (Å²) < 4.78 is 18.8. The van der Waals surface area contributed by atoms with Gasteiger partial charge in [-0.2, -0.15) is 0 Å². The summed E-state index contributed by atoms with van der Waals surface area (Å²) in [4.78, 5) is 25.2. The molecule has 0 aliphatic rings. The molecule has 1 aromatic carbocycles. The first kappa shape index (κ1) is 17.8. The number of thioether (sulfide) groups is 1. The van der Waals surface area contributed by atoms with E-state index in [1.807, 2.05) is 12.1 Å². The molecule has 1 amide bonds. The van der Waals surface area contributed by atoms with Gasteiger partial charge in [-0.3, -0.25) is 9.78 Å². The Kier molecular flexibility index (Phi) is 5.75. The zero-order valence-corrected chi connectivity index (χ0v) is 14.7. The lowest BCUT2D eigenvalue weighted by Gasteiger charge is -2.09. The fourth-order valence-electron chi connectivity index (χ4n) is 2.22. The zero-order valence-electron chi connectivity index (χ0n) is 13.8. The van der Waals surface area contributed by atoms with E-state index in [-0.39, 0.29) is 11.7 Å². The SMILES string of the molecule is COc1ccc(F)cc1-c1cc(NC(=O)CSc2ccncc2)ncn1. The van der Waals surface area contributed by atoms with E-state index in [1.165, 1.54) is 43.4 Å². The summed E-state index contributed by atoms with van der Waals surface area (Å²) in [5.41, 5.74) is 0.935. The van der Waals surface area contributed by atoms with Crippen LogP contribution in [0.1, 0.15) is 0 Å². The number of methoxy groups -OCH3 is 1. The predicted octanol–water partition coefficient (Wildman–Crippen LogP) is 3.42. The van der Waals surface area contributed by atoms with Crippen LogP contribution in [0, 0.1) is 5.82 Å². The van der Waals surface area contributed by atoms with Gasteiger partial charge in [-0.15, -0.1) is 11.8 Å². The number of carbonyl (C=O) groups is 1. The van der Waals surface area contributed by atoms with Crippen molar-refractivity contribution in [1.29, 1.82) is 0 Å². The number of nitrogens with one attached hydrogen (secondary N) is 1. The van der Waals surface area contributed by atoms with E-state index in [9.17, 15) is 9.18 Å². The lowest BCUT2D eigenvalue weighted by atomic mass is 10.1. The largest absolute Gasteiger partial charge is 0.496 e. The third-order valence-corrected chi connectivity index (χ3v) is 4.40. The maximum absolute atomic E-state index is 13.6. The number of ether oxygens (including phenoxy) is 1. The molecule has 0 aliphatic carbocycles. The van der Waals surface area contributed by atoms with Gasteiger partial charge in [-0.1, -0.05) is 0 Å². The van der Waals surface area contributed by atoms with Crippen molar-refractivity contribution < 1.29 is 13.9 Å². The molecule has 3 rings (SSSR count). The van der Waals surface area contributed by atoms with E-state index in [1.54, 1.807) is 18.5 Å². The van der Waals surface area contributed by atoms with Crippen LogP contribution in [0.15, 0.2) is 60.0 Å². The van der Waals surface area contributed by atoms with E-state index in [2.05, 4.69) is 20.3 Å². The molecule has 0 atom stereocenters. The molecule has 0 spiro atoms. The molecule has 0 saturated carbocycles. The van der Waals surface area contributed by atoms with Gasteiger partial charge in [-0.25, -0.2) is 14.4 Å². The Labute approximate surface area is 153 Å². The summed E-state index contributed by atoms with van der Waals surface area (Å²) in [6, 6.07) is 9.39. The molecule has 26 heavy (non-hydrogen) atoms. The number of carbonyl (C=O) groups excluding carboxylic acids is 1. The first-order chi connectivity index (χ1) is 12.7. The average molecular weight is 370 g/mol. The second-order valence-electron chi connectivity index (χ2n) is 5.15. The van der Waals surface area contributed by atoms with E-state index < -0.39 is 5.82 Å². The van der Waals surface area contributed by atoms with Crippen molar-refractivity contribution in [3.8, 4) is 17.0 Å². The van der Waals surface area contributed by atoms with E-state index in [0.29, 0.717) is 22.8 Å². The lowest BCUT2D eigenvalue weighted by molar-refractivity contribution is -0.113. The minimum Gasteiger partial charge on any atom is -0.496 e. The molecule has 8 heteroatoms. The van der Waals surface area contributed by atoms with E-state index >= 15 is 0 Å². The molecule has 0 aliphatic heterocycles. The van der Waals surface area contributed by atoms with Crippen molar-refractivity contribution in [2.24, 2.45) is 0 Å². The molecule has 0 unspecified atom stereocenters. The number of pyridine rings is 1. The minimum atomic E-state index is -0.404. The Bertz CT molecular complexity index is 909. The maximum atomic E-state index is 13.6. The first-order valence-electron chi connectivity index (χ1n) is 7.64. The maximum Gasteiger partial charge on any atom is 0.235 e. The second kappa shape index (κ2) is 8.39. The third kappa shape index (κ3) is 4.54. The molecule has 3 aromatic rings. The van der Waals surface area contributed by atoms with Crippen molar-refractivity contribution in [3.63, 3.8) is 0 Å². The van der Waals surface area contributed by atoms with Crippen LogP contribution in [0.25, 0.3) is 11.3 Å². The highest BCUT2D eigenvalue weighted by Crippen LogP contribution is 2.30. The van der Waals surface area contributed by atoms with Gasteiger partial charge in [0.2, 0.25) is 5.91 Å². The molecule has 2 aromatic heterocycles. The van der Waals surface area contributed by atoms with E-state index in [0.717, 1.165) is 4.90 Å². The zero-order chi connectivity index (χ0) is 18.4. The van der Waals surface area contributed by atoms with Crippen molar-refractivity contribution >= 4 is 23.5 Å². The topological polar surface area (TPSA) is 77.0 Å². The number of hydrogen-bond donors (Lipinski definition) is 1. The summed E-state index contributed by atoms with van der Waals surface area (Å²) in [6.07, 6.45) is 4.65. The van der Waals surface area contributed by atoms with Crippen LogP contribution in [-0.4, -0.2) is 33.7 Å². The Morgan fingerprint density at radius 1 is 1.19 bits per heavy atom. The molecule has 2 heterocycles. The van der Waals surface area contributed by atoms with Crippen molar-refractivity contribution in [1.82, 2.24) is 15.0 Å². The number of amides is 1. The molecule has 1 N–H and O–H groups in total. The number of rotatable bonds is 6. The van der Waals surface area contributed by atoms with Crippen molar-refractivity contribution in [2.45, 2.75) is 4.90 Å². The minimum absolute atomic E-state index is 0.206. The molecule has 0 bridgehead atoms. The molecule has 0 saturated heterocycles. The highest BCUT2D eigenvalue weighted by atomic mass is 32.2. The van der Waals surface area contributed by atoms with Crippen molar-refractivity contribution in [3.05, 3.63) is 60.9 Å². The number of hydrogen-bond acceptors (Lipinski definition) is 6. The van der Waals surface area contributed by atoms with Crippen LogP contribution in [-0.2, 0) is 4.79 Å². The van der Waals surface area contributed by atoms with Gasteiger partial charge < -0.3 is 10.1 Å². The Hall–Kier alpha value is -3.00. The van der Waals surface area contributed by atoms with Crippen LogP contribution >= 0.6 is 11.8 Å². The first-order valence-corrected chi connectivity index (χ1v) is 8.63. The normalized spacial score (nSPS) is 10.4. The fraction of sp³-hybridized carbons (Fsp3) is 0.111. The monoisotopic (exact) mass is 370 g/mol. The van der Waals surface area contributed by atoms with Crippen LogP contribution in [0.4, 0.5) is 10.2 Å². The Morgan fingerprint density at radius 2 is 2.00 bits per heavy atom. The van der Waals surface area contributed by atoms with Gasteiger partial charge in [0.05, 0.1) is 18.6 Å². The van der Waals surface area contributed by atoms with Gasteiger partial charge >= 0.3 is 0 Å². The molecule has 132 valence electrons. The van der Waals surface area contributed by atoms with Gasteiger partial charge in [0, 0.05) is 28.9 Å². The summed E-state index contributed by atoms with van der Waals surface area (Å²) in [6.45, 7) is 0. The molecular formula is C18H15FN4O2S. The Morgan fingerprint density at radius 3 is 2.77 bits per heavy atom. The van der Waals surface area contributed by atoms with Gasteiger partial charge in [0.25, 0.3) is 0 Å². The Balaban J connectivity index is 1.71. The van der Waals surface area contributed by atoms with Crippen LogP contribution < -0.4 is 10.1 Å². The summed E-state index contributed by atoms with van der Waals surface area (Å²) in [7, 11) is 1.50. The van der Waals surface area contributed by atoms with Gasteiger partial charge in [0.15, 0.2) is 0 Å². The van der Waals surface area contributed by atoms with Gasteiger partial charge in [-0.05, 0) is 30.3 Å². The van der Waals surface area contributed by atoms with Gasteiger partial charge in [0.1, 0.15) is 23.7 Å². The highest BCUT2D eigenvalue weighted by Gasteiger charge is 2.11. The van der Waals surface area contributed by atoms with Crippen molar-refractivity contribution in [2.75, 3.05) is 18.2 Å². The summed E-state index contributed by atoms with van der Waals surface area (Å²) in [5.74, 6) is 0.436. The average Bonchev–Trinajstić information content (AvgIpc) is 2.67. The number of anilines is 1. The highest BCUT2D eigenvalue weighted by molar-refractivity contribution is 8.00. The quantitative estimate of drug-likeness (QED) is 0.670. The fourth-order valence-corrected chi connectivity index (χ4v) is 2.90. The summed E-state index contributed by atoms with van der Waals surface area (Å²) in [5, 5.41) is 2.71. The van der Waals surface area contributed by atoms with Crippen LogP contribution in [0.3, 0.4) is 0 Å². The smallest absolute Gasteiger partial charge is 0.235 e. The number of benzene rings is 1. The number of halogens is 1. The number of aromatic nitrogens is 3. The number of nitrogens with zero attached hydrogens (tertiary/aromatic N) is 3. The van der Waals surface area contributed by atoms with Crippen LogP contribution in [0.2, 0.25) is 0 Å². The summed E-state index contributed by atoms with van der Waals surface area (Å²) >= 11 is 1.39.